The zero-order chi connectivity index (χ0) is 15.6. The predicted octanol–water partition coefficient (Wildman–Crippen LogP) is 3.10. The highest BCUT2D eigenvalue weighted by atomic mass is 16.1. The Labute approximate surface area is 125 Å². The summed E-state index contributed by atoms with van der Waals surface area (Å²) in [6, 6.07) is 3.77. The molecule has 21 heavy (non-hydrogen) atoms. The third-order valence-electron chi connectivity index (χ3n) is 3.77. The molecule has 0 bridgehead atoms. The molecule has 1 amide bonds. The second kappa shape index (κ2) is 6.08. The first-order valence-corrected chi connectivity index (χ1v) is 7.13. The van der Waals surface area contributed by atoms with Crippen LogP contribution >= 0.6 is 0 Å². The first-order valence-electron chi connectivity index (χ1n) is 7.13. The molecule has 0 fully saturated rings. The van der Waals surface area contributed by atoms with E-state index in [2.05, 4.69) is 22.3 Å². The highest BCUT2D eigenvalue weighted by molar-refractivity contribution is 5.90. The normalized spacial score (nSPS) is 12.2. The van der Waals surface area contributed by atoms with Crippen LogP contribution in [-0.4, -0.2) is 20.7 Å². The molecule has 5 nitrogen and oxygen atoms in total. The topological polar surface area (TPSA) is 59.8 Å². The van der Waals surface area contributed by atoms with E-state index in [0.29, 0.717) is 12.2 Å². The maximum Gasteiger partial charge on any atom is 0.227 e. The Bertz CT molecular complexity index is 660. The Hall–Kier alpha value is -2.17. The molecule has 0 saturated carbocycles. The lowest BCUT2D eigenvalue weighted by molar-refractivity contribution is -0.116. The lowest BCUT2D eigenvalue weighted by Crippen LogP contribution is -2.19. The van der Waals surface area contributed by atoms with Crippen molar-refractivity contribution in [2.24, 2.45) is 0 Å². The minimum atomic E-state index is -0.0502. The number of rotatable bonds is 4. The van der Waals surface area contributed by atoms with Crippen molar-refractivity contribution in [1.82, 2.24) is 14.8 Å². The van der Waals surface area contributed by atoms with Gasteiger partial charge in [-0.15, -0.1) is 0 Å². The van der Waals surface area contributed by atoms with Crippen LogP contribution < -0.4 is 5.32 Å². The average Bonchev–Trinajstić information content (AvgIpc) is 2.66. The fraction of sp³-hybridized carbons (Fsp3) is 0.438. The van der Waals surface area contributed by atoms with E-state index < -0.39 is 0 Å². The molecule has 0 saturated heterocycles. The van der Waals surface area contributed by atoms with Gasteiger partial charge in [0.05, 0.1) is 11.7 Å². The minimum Gasteiger partial charge on any atom is -0.311 e. The third kappa shape index (κ3) is 3.48. The molecule has 1 N–H and O–H groups in total. The maximum absolute atomic E-state index is 12.1. The number of carbonyl (C=O) groups excluding carboxylic acids is 1. The number of amides is 1. The Balaban J connectivity index is 2.03. The molecule has 0 aliphatic heterocycles. The molecule has 1 atom stereocenters. The Kier molecular flexibility index (Phi) is 4.40. The molecular weight excluding hydrogens is 264 g/mol. The Morgan fingerprint density at radius 3 is 2.62 bits per heavy atom. The molecule has 2 aromatic rings. The predicted molar refractivity (Wildman–Crippen MR) is 83.4 cm³/mol. The van der Waals surface area contributed by atoms with Gasteiger partial charge >= 0.3 is 0 Å². The van der Waals surface area contributed by atoms with Crippen LogP contribution in [0.15, 0.2) is 18.3 Å². The van der Waals surface area contributed by atoms with Gasteiger partial charge in [0.25, 0.3) is 0 Å². The zero-order valence-corrected chi connectivity index (χ0v) is 13.3. The van der Waals surface area contributed by atoms with Crippen LogP contribution in [-0.2, 0) is 4.79 Å². The second-order valence-corrected chi connectivity index (χ2v) is 5.56. The number of nitrogens with one attached hydrogen (secondary N) is 1. The van der Waals surface area contributed by atoms with Crippen LogP contribution in [0.4, 0.5) is 5.82 Å². The second-order valence-electron chi connectivity index (χ2n) is 5.56. The van der Waals surface area contributed by atoms with Crippen molar-refractivity contribution in [1.29, 1.82) is 0 Å². The molecule has 0 radical (unpaired) electrons. The van der Waals surface area contributed by atoms with E-state index in [9.17, 15) is 4.79 Å². The number of nitrogens with zero attached hydrogens (tertiary/aromatic N) is 3. The molecule has 0 aliphatic rings. The Morgan fingerprint density at radius 2 is 2.05 bits per heavy atom. The van der Waals surface area contributed by atoms with Crippen LogP contribution in [0.25, 0.3) is 0 Å². The van der Waals surface area contributed by atoms with Crippen molar-refractivity contribution in [3.63, 3.8) is 0 Å². The van der Waals surface area contributed by atoms with E-state index >= 15 is 0 Å². The van der Waals surface area contributed by atoms with E-state index in [4.69, 9.17) is 0 Å². The van der Waals surface area contributed by atoms with Crippen LogP contribution in [0.5, 0.6) is 0 Å². The number of carbonyl (C=O) groups is 1. The third-order valence-corrected chi connectivity index (χ3v) is 3.77. The van der Waals surface area contributed by atoms with Crippen molar-refractivity contribution < 1.29 is 4.79 Å². The monoisotopic (exact) mass is 286 g/mol. The van der Waals surface area contributed by atoms with E-state index in [-0.39, 0.29) is 11.9 Å². The van der Waals surface area contributed by atoms with Gasteiger partial charge in [0.15, 0.2) is 0 Å². The summed E-state index contributed by atoms with van der Waals surface area (Å²) in [7, 11) is 0. The average molecular weight is 286 g/mol. The SMILES string of the molecule is Cc1ccnc(NC(=O)C[C@H](C)n2nc(C)c(C)c2C)c1. The fourth-order valence-electron chi connectivity index (χ4n) is 2.33. The smallest absolute Gasteiger partial charge is 0.227 e. The molecule has 0 spiro atoms. The van der Waals surface area contributed by atoms with Gasteiger partial charge in [-0.05, 0) is 57.9 Å². The van der Waals surface area contributed by atoms with Crippen molar-refractivity contribution in [2.75, 3.05) is 5.32 Å². The maximum atomic E-state index is 12.1. The van der Waals surface area contributed by atoms with Gasteiger partial charge < -0.3 is 5.32 Å². The van der Waals surface area contributed by atoms with Gasteiger partial charge in [0.2, 0.25) is 5.91 Å². The lowest BCUT2D eigenvalue weighted by Gasteiger charge is -2.14. The summed E-state index contributed by atoms with van der Waals surface area (Å²) in [5.41, 5.74) is 4.38. The highest BCUT2D eigenvalue weighted by Gasteiger charge is 2.16. The molecule has 5 heteroatoms. The summed E-state index contributed by atoms with van der Waals surface area (Å²) >= 11 is 0. The van der Waals surface area contributed by atoms with E-state index in [1.165, 1.54) is 5.56 Å². The molecule has 0 aromatic carbocycles. The molecule has 112 valence electrons. The van der Waals surface area contributed by atoms with Crippen LogP contribution in [0.3, 0.4) is 0 Å². The largest absolute Gasteiger partial charge is 0.311 e. The van der Waals surface area contributed by atoms with E-state index in [1.807, 2.05) is 44.5 Å². The summed E-state index contributed by atoms with van der Waals surface area (Å²) in [4.78, 5) is 16.3. The quantitative estimate of drug-likeness (QED) is 0.939. The number of anilines is 1. The first kappa shape index (κ1) is 15.2. The summed E-state index contributed by atoms with van der Waals surface area (Å²) in [5.74, 6) is 0.544. The van der Waals surface area contributed by atoms with Crippen LogP contribution in [0.2, 0.25) is 0 Å². The van der Waals surface area contributed by atoms with Gasteiger partial charge in [-0.1, -0.05) is 0 Å². The van der Waals surface area contributed by atoms with Crippen LogP contribution in [0.1, 0.15) is 41.9 Å². The molecule has 2 rings (SSSR count). The Morgan fingerprint density at radius 1 is 1.33 bits per heavy atom. The minimum absolute atomic E-state index is 0.0159. The van der Waals surface area contributed by atoms with E-state index in [0.717, 1.165) is 17.0 Å². The fourth-order valence-corrected chi connectivity index (χ4v) is 2.33. The molecule has 2 heterocycles. The number of aromatic nitrogens is 3. The van der Waals surface area contributed by atoms with E-state index in [1.54, 1.807) is 6.20 Å². The van der Waals surface area contributed by atoms with Gasteiger partial charge in [-0.2, -0.15) is 5.10 Å². The van der Waals surface area contributed by atoms with Crippen molar-refractivity contribution in [3.8, 4) is 0 Å². The van der Waals surface area contributed by atoms with Gasteiger partial charge in [-0.25, -0.2) is 4.98 Å². The first-order chi connectivity index (χ1) is 9.88. The summed E-state index contributed by atoms with van der Waals surface area (Å²) in [6.45, 7) is 10.0. The number of aryl methyl sites for hydroxylation is 2. The zero-order valence-electron chi connectivity index (χ0n) is 13.3. The van der Waals surface area contributed by atoms with Crippen molar-refractivity contribution in [3.05, 3.63) is 40.8 Å². The van der Waals surface area contributed by atoms with Gasteiger partial charge in [0.1, 0.15) is 5.82 Å². The summed E-state index contributed by atoms with van der Waals surface area (Å²) in [5, 5.41) is 7.34. The molecule has 0 unspecified atom stereocenters. The van der Waals surface area contributed by atoms with Gasteiger partial charge in [-0.3, -0.25) is 9.48 Å². The number of pyridine rings is 1. The molecular formula is C16H22N4O. The highest BCUT2D eigenvalue weighted by Crippen LogP contribution is 2.19. The van der Waals surface area contributed by atoms with Gasteiger partial charge in [0, 0.05) is 18.3 Å². The lowest BCUT2D eigenvalue weighted by atomic mass is 10.2. The summed E-state index contributed by atoms with van der Waals surface area (Å²) < 4.78 is 1.92. The summed E-state index contributed by atoms with van der Waals surface area (Å²) in [6.07, 6.45) is 2.07. The number of hydrogen-bond acceptors (Lipinski definition) is 3. The molecule has 2 aromatic heterocycles. The van der Waals surface area contributed by atoms with Crippen molar-refractivity contribution >= 4 is 11.7 Å². The van der Waals surface area contributed by atoms with Crippen molar-refractivity contribution in [2.45, 2.75) is 47.1 Å². The van der Waals surface area contributed by atoms with Crippen LogP contribution in [0, 0.1) is 27.7 Å². The standard InChI is InChI=1S/C16H22N4O/c1-10-6-7-17-15(8-10)18-16(21)9-11(2)20-14(5)12(3)13(4)19-20/h6-8,11H,9H2,1-5H3,(H,17,18,21)/t11-/m0/s1. The molecule has 0 aliphatic carbocycles. The number of hydrogen-bond donors (Lipinski definition) is 1.